The molecule has 0 radical (unpaired) electrons. The summed E-state index contributed by atoms with van der Waals surface area (Å²) < 4.78 is 4.80. The third-order valence-corrected chi connectivity index (χ3v) is 5.83. The number of methoxy groups -OCH3 is 1. The third kappa shape index (κ3) is 4.20. The molecule has 0 N–H and O–H groups in total. The molecule has 1 fully saturated rings. The van der Waals surface area contributed by atoms with Gasteiger partial charge in [0.2, 0.25) is 0 Å². The molecule has 4 nitrogen and oxygen atoms in total. The van der Waals surface area contributed by atoms with E-state index in [-0.39, 0.29) is 12.0 Å². The molecule has 0 bridgehead atoms. The maximum atomic E-state index is 11.5. The van der Waals surface area contributed by atoms with Gasteiger partial charge in [0.15, 0.2) is 0 Å². The van der Waals surface area contributed by atoms with Gasteiger partial charge < -0.3 is 4.74 Å². The van der Waals surface area contributed by atoms with Crippen molar-refractivity contribution in [2.75, 3.05) is 25.2 Å². The summed E-state index contributed by atoms with van der Waals surface area (Å²) in [5.74, 6) is 2.53. The molecular formula is C14H22N2O2S2. The third-order valence-electron chi connectivity index (χ3n) is 3.46. The SMILES string of the molecule is COC(=O)C[C@@H]1CSCCN1Cc1ncc(C(C)C)s1. The summed E-state index contributed by atoms with van der Waals surface area (Å²) in [5, 5.41) is 1.15. The highest BCUT2D eigenvalue weighted by atomic mass is 32.2. The van der Waals surface area contributed by atoms with Crippen molar-refractivity contribution in [3.05, 3.63) is 16.1 Å². The van der Waals surface area contributed by atoms with Crippen LogP contribution in [0.2, 0.25) is 0 Å². The number of rotatable bonds is 5. The van der Waals surface area contributed by atoms with Crippen LogP contribution in [-0.4, -0.2) is 47.1 Å². The van der Waals surface area contributed by atoms with E-state index in [4.69, 9.17) is 4.74 Å². The molecule has 1 aromatic rings. The topological polar surface area (TPSA) is 42.4 Å². The van der Waals surface area contributed by atoms with E-state index in [1.54, 1.807) is 11.3 Å². The first kappa shape index (κ1) is 15.8. The fourth-order valence-corrected chi connectivity index (χ4v) is 4.28. The Bertz CT molecular complexity index is 448. The first-order valence-electron chi connectivity index (χ1n) is 6.93. The van der Waals surface area contributed by atoms with E-state index < -0.39 is 0 Å². The number of hydrogen-bond donors (Lipinski definition) is 0. The lowest BCUT2D eigenvalue weighted by Crippen LogP contribution is -2.43. The van der Waals surface area contributed by atoms with Gasteiger partial charge in [0.25, 0.3) is 0 Å². The minimum absolute atomic E-state index is 0.121. The Balaban J connectivity index is 1.98. The first-order chi connectivity index (χ1) is 9.60. The lowest BCUT2D eigenvalue weighted by atomic mass is 10.2. The molecule has 1 atom stereocenters. The van der Waals surface area contributed by atoms with Crippen LogP contribution in [0, 0.1) is 0 Å². The molecule has 0 amide bonds. The van der Waals surface area contributed by atoms with Crippen molar-refractivity contribution in [3.63, 3.8) is 0 Å². The van der Waals surface area contributed by atoms with Gasteiger partial charge in [-0.25, -0.2) is 4.98 Å². The Morgan fingerprint density at radius 2 is 2.40 bits per heavy atom. The zero-order valence-corrected chi connectivity index (χ0v) is 13.9. The van der Waals surface area contributed by atoms with Crippen LogP contribution in [0.5, 0.6) is 0 Å². The highest BCUT2D eigenvalue weighted by Gasteiger charge is 2.26. The normalized spacial score (nSPS) is 20.3. The maximum absolute atomic E-state index is 11.5. The molecule has 1 aliphatic heterocycles. The highest BCUT2D eigenvalue weighted by Crippen LogP contribution is 2.26. The average molecular weight is 314 g/mol. The molecule has 20 heavy (non-hydrogen) atoms. The van der Waals surface area contributed by atoms with Gasteiger partial charge in [-0.15, -0.1) is 11.3 Å². The van der Waals surface area contributed by atoms with E-state index >= 15 is 0 Å². The van der Waals surface area contributed by atoms with Crippen molar-refractivity contribution in [3.8, 4) is 0 Å². The Morgan fingerprint density at radius 1 is 1.60 bits per heavy atom. The number of carbonyl (C=O) groups excluding carboxylic acids is 1. The molecule has 0 unspecified atom stereocenters. The molecule has 1 aromatic heterocycles. The number of carbonyl (C=O) groups is 1. The fourth-order valence-electron chi connectivity index (χ4n) is 2.20. The van der Waals surface area contributed by atoms with Crippen LogP contribution in [0.4, 0.5) is 0 Å². The minimum Gasteiger partial charge on any atom is -0.469 e. The lowest BCUT2D eigenvalue weighted by Gasteiger charge is -2.34. The van der Waals surface area contributed by atoms with Gasteiger partial charge in [-0.2, -0.15) is 11.8 Å². The zero-order chi connectivity index (χ0) is 14.5. The van der Waals surface area contributed by atoms with Crippen molar-refractivity contribution in [1.29, 1.82) is 0 Å². The van der Waals surface area contributed by atoms with E-state index in [9.17, 15) is 4.79 Å². The van der Waals surface area contributed by atoms with Gasteiger partial charge in [-0.3, -0.25) is 9.69 Å². The van der Waals surface area contributed by atoms with Crippen molar-refractivity contribution < 1.29 is 9.53 Å². The van der Waals surface area contributed by atoms with Crippen molar-refractivity contribution in [1.82, 2.24) is 9.88 Å². The smallest absolute Gasteiger partial charge is 0.307 e. The van der Waals surface area contributed by atoms with Gasteiger partial charge in [-0.1, -0.05) is 13.8 Å². The zero-order valence-electron chi connectivity index (χ0n) is 12.3. The molecule has 0 aromatic carbocycles. The molecule has 0 saturated carbocycles. The average Bonchev–Trinajstić information content (AvgIpc) is 2.89. The summed E-state index contributed by atoms with van der Waals surface area (Å²) >= 11 is 3.70. The van der Waals surface area contributed by atoms with E-state index in [1.165, 1.54) is 12.0 Å². The molecule has 2 heterocycles. The maximum Gasteiger partial charge on any atom is 0.307 e. The van der Waals surface area contributed by atoms with Gasteiger partial charge >= 0.3 is 5.97 Å². The quantitative estimate of drug-likeness (QED) is 0.782. The van der Waals surface area contributed by atoms with Gasteiger partial charge in [0, 0.05) is 35.2 Å². The molecule has 0 spiro atoms. The molecule has 0 aliphatic carbocycles. The Morgan fingerprint density at radius 3 is 3.05 bits per heavy atom. The fraction of sp³-hybridized carbons (Fsp3) is 0.714. The summed E-state index contributed by atoms with van der Waals surface area (Å²) in [4.78, 5) is 19.7. The van der Waals surface area contributed by atoms with Gasteiger partial charge in [0.05, 0.1) is 20.1 Å². The molecule has 1 saturated heterocycles. The minimum atomic E-state index is -0.121. The number of nitrogens with zero attached hydrogens (tertiary/aromatic N) is 2. The predicted molar refractivity (Wildman–Crippen MR) is 84.4 cm³/mol. The van der Waals surface area contributed by atoms with Crippen LogP contribution < -0.4 is 0 Å². The van der Waals surface area contributed by atoms with Crippen LogP contribution in [0.3, 0.4) is 0 Å². The second-order valence-corrected chi connectivity index (χ2v) is 7.59. The van der Waals surface area contributed by atoms with Crippen LogP contribution in [0.1, 0.15) is 36.1 Å². The number of thioether (sulfide) groups is 1. The van der Waals surface area contributed by atoms with Crippen LogP contribution >= 0.6 is 23.1 Å². The number of hydrogen-bond acceptors (Lipinski definition) is 6. The van der Waals surface area contributed by atoms with E-state index in [2.05, 4.69) is 23.7 Å². The van der Waals surface area contributed by atoms with E-state index in [0.29, 0.717) is 12.3 Å². The number of esters is 1. The van der Waals surface area contributed by atoms with Gasteiger partial charge in [-0.05, 0) is 5.92 Å². The largest absolute Gasteiger partial charge is 0.469 e. The van der Waals surface area contributed by atoms with Crippen molar-refractivity contribution >= 4 is 29.1 Å². The Hall–Kier alpha value is -0.590. The lowest BCUT2D eigenvalue weighted by molar-refractivity contribution is -0.141. The summed E-state index contributed by atoms with van der Waals surface area (Å²) in [7, 11) is 1.46. The Labute approximate surface area is 128 Å². The molecular weight excluding hydrogens is 292 g/mol. The predicted octanol–water partition coefficient (Wildman–Crippen LogP) is 2.75. The second kappa shape index (κ2) is 7.43. The number of aromatic nitrogens is 1. The first-order valence-corrected chi connectivity index (χ1v) is 8.90. The molecule has 112 valence electrons. The molecule has 2 rings (SSSR count). The van der Waals surface area contributed by atoms with Crippen LogP contribution in [0.15, 0.2) is 6.20 Å². The van der Waals surface area contributed by atoms with Gasteiger partial charge in [0.1, 0.15) is 5.01 Å². The molecule has 1 aliphatic rings. The van der Waals surface area contributed by atoms with Crippen molar-refractivity contribution in [2.45, 2.75) is 38.8 Å². The van der Waals surface area contributed by atoms with E-state index in [0.717, 1.165) is 29.6 Å². The summed E-state index contributed by atoms with van der Waals surface area (Å²) in [6.45, 7) is 6.24. The Kier molecular flexibility index (Phi) is 5.86. The van der Waals surface area contributed by atoms with Crippen LogP contribution in [0.25, 0.3) is 0 Å². The standard InChI is InChI=1S/C14H22N2O2S2/c1-10(2)12-7-15-13(20-12)8-16-4-5-19-9-11(16)6-14(17)18-3/h7,10-11H,4-6,8-9H2,1-3H3/t11-/m1/s1. The second-order valence-electron chi connectivity index (χ2n) is 5.29. The summed E-state index contributed by atoms with van der Waals surface area (Å²) in [5.41, 5.74) is 0. The van der Waals surface area contributed by atoms with Crippen molar-refractivity contribution in [2.24, 2.45) is 0 Å². The van der Waals surface area contributed by atoms with E-state index in [1.807, 2.05) is 18.0 Å². The van der Waals surface area contributed by atoms with Crippen LogP contribution in [-0.2, 0) is 16.1 Å². The summed E-state index contributed by atoms with van der Waals surface area (Å²) in [6.07, 6.45) is 2.46. The number of ether oxygens (including phenoxy) is 1. The number of thiazole rings is 1. The summed E-state index contributed by atoms with van der Waals surface area (Å²) in [6, 6.07) is 0.271. The monoisotopic (exact) mass is 314 g/mol. The molecule has 6 heteroatoms. The highest BCUT2D eigenvalue weighted by molar-refractivity contribution is 7.99.